The molecule has 1 aliphatic heterocycles. The van der Waals surface area contributed by atoms with Gasteiger partial charge in [-0.3, -0.25) is 14.5 Å². The zero-order chi connectivity index (χ0) is 17.3. The maximum absolute atomic E-state index is 12.9. The molecule has 3 N–H and O–H groups in total. The lowest BCUT2D eigenvalue weighted by Gasteiger charge is -2.41. The Bertz CT molecular complexity index is 753. The third-order valence-corrected chi connectivity index (χ3v) is 4.40. The fourth-order valence-corrected chi connectivity index (χ4v) is 2.93. The van der Waals surface area contributed by atoms with Crippen LogP contribution in [0.1, 0.15) is 32.6 Å². The highest BCUT2D eigenvalue weighted by atomic mass is 16.3. The minimum Gasteiger partial charge on any atom is -0.463 e. The summed E-state index contributed by atoms with van der Waals surface area (Å²) in [5, 5.41) is 4.77. The number of nitrogens with zero attached hydrogens (tertiary/aromatic N) is 1. The smallest absolute Gasteiger partial charge is 0.283 e. The van der Waals surface area contributed by atoms with Crippen LogP contribution in [0, 0.1) is 0 Å². The van der Waals surface area contributed by atoms with Gasteiger partial charge in [0, 0.05) is 0 Å². The molecule has 0 aliphatic carbocycles. The van der Waals surface area contributed by atoms with Crippen LogP contribution >= 0.6 is 0 Å². The van der Waals surface area contributed by atoms with E-state index in [1.165, 1.54) is 0 Å². The first kappa shape index (κ1) is 16.3. The molecule has 0 spiro atoms. The van der Waals surface area contributed by atoms with Gasteiger partial charge in [-0.25, -0.2) is 0 Å². The highest BCUT2D eigenvalue weighted by molar-refractivity contribution is 6.14. The molecule has 0 saturated carbocycles. The Hall–Kier alpha value is -2.60. The molecule has 2 heterocycles. The van der Waals surface area contributed by atoms with E-state index in [0.717, 1.165) is 11.4 Å². The Balaban J connectivity index is 1.81. The van der Waals surface area contributed by atoms with Crippen LogP contribution in [-0.4, -0.2) is 23.9 Å². The van der Waals surface area contributed by atoms with Gasteiger partial charge in [0.25, 0.3) is 5.91 Å². The van der Waals surface area contributed by atoms with E-state index in [9.17, 15) is 9.59 Å². The summed E-state index contributed by atoms with van der Waals surface area (Å²) in [6.45, 7) is 5.72. The van der Waals surface area contributed by atoms with E-state index in [-0.39, 0.29) is 24.4 Å². The summed E-state index contributed by atoms with van der Waals surface area (Å²) in [7, 11) is 0. The van der Waals surface area contributed by atoms with Crippen molar-refractivity contribution in [2.75, 3.05) is 16.8 Å². The number of para-hydroxylation sites is 2. The number of carbonyl (C=O) groups excluding carboxylic acids is 2. The van der Waals surface area contributed by atoms with Crippen molar-refractivity contribution in [1.82, 2.24) is 0 Å². The molecule has 3 rings (SSSR count). The van der Waals surface area contributed by atoms with E-state index in [0.29, 0.717) is 5.69 Å². The number of benzene rings is 1. The highest BCUT2D eigenvalue weighted by Crippen LogP contribution is 2.36. The molecule has 2 amide bonds. The second kappa shape index (κ2) is 6.13. The largest absolute Gasteiger partial charge is 0.463 e. The number of hydrogen-bond donors (Lipinski definition) is 2. The van der Waals surface area contributed by atoms with Gasteiger partial charge in [0.2, 0.25) is 5.91 Å². The number of nitrogens with one attached hydrogen (secondary N) is 1. The molecule has 0 fully saturated rings. The topological polar surface area (TPSA) is 79.2 Å². The molecule has 6 heteroatoms. The number of rotatable bonds is 4. The van der Waals surface area contributed by atoms with Gasteiger partial charge < -0.3 is 15.1 Å². The molecule has 2 aromatic rings. The van der Waals surface area contributed by atoms with Gasteiger partial charge in [-0.2, -0.15) is 0 Å². The zero-order valence-electron chi connectivity index (χ0n) is 14.1. The van der Waals surface area contributed by atoms with Crippen LogP contribution in [0.4, 0.5) is 11.4 Å². The Morgan fingerprint density at radius 2 is 2.04 bits per heavy atom. The number of hydrogen-bond acceptors (Lipinski definition) is 3. The highest BCUT2D eigenvalue weighted by Gasteiger charge is 2.43. The summed E-state index contributed by atoms with van der Waals surface area (Å²) in [5.74, 6) is 0.521. The Kier molecular flexibility index (Phi) is 4.15. The average molecular weight is 328 g/mol. The molecule has 24 heavy (non-hydrogen) atoms. The van der Waals surface area contributed by atoms with E-state index in [1.54, 1.807) is 31.1 Å². The van der Waals surface area contributed by atoms with Gasteiger partial charge in [-0.15, -0.1) is 0 Å². The normalized spacial score (nSPS) is 17.1. The third-order valence-electron chi connectivity index (χ3n) is 4.40. The van der Waals surface area contributed by atoms with Crippen LogP contribution in [-0.2, 0) is 9.59 Å². The van der Waals surface area contributed by atoms with Gasteiger partial charge in [0.05, 0.1) is 17.6 Å². The summed E-state index contributed by atoms with van der Waals surface area (Å²) in [6.07, 6.45) is 1.62. The molecule has 1 aromatic carbocycles. The van der Waals surface area contributed by atoms with Crippen molar-refractivity contribution in [3.05, 3.63) is 48.4 Å². The van der Waals surface area contributed by atoms with Gasteiger partial charge >= 0.3 is 0 Å². The Morgan fingerprint density at radius 1 is 1.29 bits per heavy atom. The number of amides is 2. The summed E-state index contributed by atoms with van der Waals surface area (Å²) in [5.41, 5.74) is 0.452. The molecular formula is C18H22N3O3+. The first-order valence-corrected chi connectivity index (χ1v) is 8.01. The van der Waals surface area contributed by atoms with E-state index in [1.807, 2.05) is 42.6 Å². The Labute approximate surface area is 140 Å². The van der Waals surface area contributed by atoms with E-state index >= 15 is 0 Å². The van der Waals surface area contributed by atoms with Crippen molar-refractivity contribution in [1.29, 1.82) is 0 Å². The lowest BCUT2D eigenvalue weighted by molar-refractivity contribution is -0.684. The van der Waals surface area contributed by atoms with Gasteiger partial charge in [-0.1, -0.05) is 12.1 Å². The minimum absolute atomic E-state index is 0.0286. The zero-order valence-corrected chi connectivity index (χ0v) is 14.1. The monoisotopic (exact) mass is 328 g/mol. The Morgan fingerprint density at radius 3 is 2.75 bits per heavy atom. The van der Waals surface area contributed by atoms with Crippen LogP contribution < -0.4 is 15.5 Å². The fourth-order valence-electron chi connectivity index (χ4n) is 2.93. The predicted molar refractivity (Wildman–Crippen MR) is 90.6 cm³/mol. The minimum atomic E-state index is -0.937. The molecule has 1 aliphatic rings. The molecule has 0 unspecified atom stereocenters. The van der Waals surface area contributed by atoms with Crippen LogP contribution in [0.3, 0.4) is 0 Å². The van der Waals surface area contributed by atoms with Crippen molar-refractivity contribution in [3.8, 4) is 0 Å². The van der Waals surface area contributed by atoms with Gasteiger partial charge in [0.15, 0.2) is 12.3 Å². The van der Waals surface area contributed by atoms with Crippen molar-refractivity contribution in [2.24, 2.45) is 0 Å². The van der Waals surface area contributed by atoms with E-state index < -0.39 is 5.54 Å². The number of carbonyl (C=O) groups is 2. The molecule has 1 aromatic heterocycles. The van der Waals surface area contributed by atoms with Crippen LogP contribution in [0.25, 0.3) is 0 Å². The number of furan rings is 1. The fraction of sp³-hybridized carbons (Fsp3) is 0.333. The number of nitrogens with two attached hydrogens (primary N) is 1. The summed E-state index contributed by atoms with van der Waals surface area (Å²) in [4.78, 5) is 26.9. The van der Waals surface area contributed by atoms with Gasteiger partial charge in [0.1, 0.15) is 11.6 Å². The molecule has 126 valence electrons. The first-order valence-electron chi connectivity index (χ1n) is 8.01. The summed E-state index contributed by atoms with van der Waals surface area (Å²) >= 11 is 0. The average Bonchev–Trinajstić information content (AvgIpc) is 3.08. The molecular weight excluding hydrogens is 306 g/mol. The van der Waals surface area contributed by atoms with E-state index in [2.05, 4.69) is 5.32 Å². The molecule has 1 atom stereocenters. The summed E-state index contributed by atoms with van der Waals surface area (Å²) in [6, 6.07) is 11.1. The second-order valence-electron chi connectivity index (χ2n) is 6.50. The molecule has 6 nitrogen and oxygen atoms in total. The maximum Gasteiger partial charge on any atom is 0.283 e. The van der Waals surface area contributed by atoms with Crippen molar-refractivity contribution in [2.45, 2.75) is 32.4 Å². The maximum atomic E-state index is 12.9. The number of fused-ring (bicyclic) bond motifs is 1. The van der Waals surface area contributed by atoms with Crippen molar-refractivity contribution < 1.29 is 19.3 Å². The first-order chi connectivity index (χ1) is 11.4. The van der Waals surface area contributed by atoms with Crippen LogP contribution in [0.5, 0.6) is 0 Å². The standard InChI is InChI=1S/C18H21N3O3/c1-12(15-9-6-10-24-15)19-11-16(22)21-14-8-5-4-7-13(14)20-17(23)18(21,2)3/h4-10,12,19H,11H2,1-3H3,(H,20,23)/p+1/t12-/m0/s1. The summed E-state index contributed by atoms with van der Waals surface area (Å²) < 4.78 is 5.37. The lowest BCUT2D eigenvalue weighted by atomic mass is 9.96. The molecule has 0 bridgehead atoms. The number of anilines is 2. The van der Waals surface area contributed by atoms with Crippen molar-refractivity contribution >= 4 is 23.2 Å². The van der Waals surface area contributed by atoms with Crippen molar-refractivity contribution in [3.63, 3.8) is 0 Å². The molecule has 0 radical (unpaired) electrons. The second-order valence-corrected chi connectivity index (χ2v) is 6.50. The lowest BCUT2D eigenvalue weighted by Crippen LogP contribution is -2.87. The quantitative estimate of drug-likeness (QED) is 0.896. The third kappa shape index (κ3) is 2.80. The SMILES string of the molecule is C[C@H]([NH2+]CC(=O)N1c2ccccc2NC(=O)C1(C)C)c1ccco1. The van der Waals surface area contributed by atoms with Crippen LogP contribution in [0.2, 0.25) is 0 Å². The predicted octanol–water partition coefficient (Wildman–Crippen LogP) is 1.67. The number of quaternary nitrogens is 1. The van der Waals surface area contributed by atoms with Gasteiger partial charge in [-0.05, 0) is 45.0 Å². The van der Waals surface area contributed by atoms with E-state index in [4.69, 9.17) is 4.42 Å². The van der Waals surface area contributed by atoms with Crippen LogP contribution in [0.15, 0.2) is 47.1 Å². The molecule has 0 saturated heterocycles.